The van der Waals surface area contributed by atoms with Gasteiger partial charge in [-0.1, -0.05) is 55.8 Å². The number of hydrogen-bond donors (Lipinski definition) is 2. The second kappa shape index (κ2) is 13.0. The van der Waals surface area contributed by atoms with Gasteiger partial charge in [-0.2, -0.15) is 0 Å². The Morgan fingerprint density at radius 2 is 1.89 bits per heavy atom. The summed E-state index contributed by atoms with van der Waals surface area (Å²) in [6.45, 7) is 9.63. The molecule has 2 aromatic carbocycles. The van der Waals surface area contributed by atoms with E-state index in [1.165, 1.54) is 19.6 Å². The van der Waals surface area contributed by atoms with Crippen molar-refractivity contribution in [1.82, 2.24) is 14.8 Å². The fourth-order valence-electron chi connectivity index (χ4n) is 12.8. The largest absolute Gasteiger partial charge is 0.496 e. The number of esters is 2. The molecule has 1 spiro atoms. The fraction of sp³-hybridized carbons (Fsp3) is 0.533. The topological polar surface area (TPSA) is 125 Å². The van der Waals surface area contributed by atoms with E-state index in [9.17, 15) is 19.5 Å². The summed E-state index contributed by atoms with van der Waals surface area (Å²) >= 11 is 0. The predicted octanol–water partition coefficient (Wildman–Crippen LogP) is 4.82. The number of ether oxygens (including phenoxy) is 3. The molecule has 6 heterocycles. The van der Waals surface area contributed by atoms with Crippen LogP contribution in [0, 0.1) is 11.3 Å². The highest BCUT2D eigenvalue weighted by Gasteiger charge is 2.80. The number of H-pyrrole nitrogens is 1. The number of aldehydes is 1. The van der Waals surface area contributed by atoms with Gasteiger partial charge in [-0.25, -0.2) is 4.79 Å². The fourth-order valence-corrected chi connectivity index (χ4v) is 12.8. The molecule has 2 fully saturated rings. The SMILES string of the molecule is CCC1=C[C@@H]2CN(CCc3c([nH]c4ccccc34)[C@@](C=O)(c3cc4c(cc3OC)N(C)C3[C@]45CCN4CC=C[C@@](CC)([C@@H](OC(C)=O)[C@]3(O)C(=O)OC)[C@H]45)C2)C1. The second-order valence-corrected chi connectivity index (χ2v) is 17.2. The summed E-state index contributed by atoms with van der Waals surface area (Å²) in [7, 11) is 4.82. The first-order valence-corrected chi connectivity index (χ1v) is 20.3. The molecule has 2 unspecified atom stereocenters. The number of likely N-dealkylation sites (N-methyl/N-ethyl adjacent to an activating group) is 1. The Hall–Kier alpha value is -4.45. The molecule has 1 aromatic heterocycles. The van der Waals surface area contributed by atoms with Gasteiger partial charge >= 0.3 is 11.9 Å². The molecule has 1 saturated carbocycles. The third-order valence-electron chi connectivity index (χ3n) is 14.8. The van der Waals surface area contributed by atoms with Crippen LogP contribution >= 0.6 is 0 Å². The maximum Gasteiger partial charge on any atom is 0.344 e. The summed E-state index contributed by atoms with van der Waals surface area (Å²) in [6, 6.07) is 11.4. The summed E-state index contributed by atoms with van der Waals surface area (Å²) in [5, 5.41) is 14.4. The molecular weight excluding hydrogens is 709 g/mol. The zero-order chi connectivity index (χ0) is 39.4. The molecule has 0 amide bonds. The Morgan fingerprint density at radius 1 is 1.09 bits per heavy atom. The van der Waals surface area contributed by atoms with E-state index in [-0.39, 0.29) is 12.0 Å². The van der Waals surface area contributed by atoms with Crippen molar-refractivity contribution in [3.63, 3.8) is 0 Å². The summed E-state index contributed by atoms with van der Waals surface area (Å²) in [4.78, 5) is 52.5. The second-order valence-electron chi connectivity index (χ2n) is 17.2. The molecule has 296 valence electrons. The number of rotatable bonds is 7. The van der Waals surface area contributed by atoms with Gasteiger partial charge in [0.1, 0.15) is 12.0 Å². The van der Waals surface area contributed by atoms with Gasteiger partial charge in [0, 0.05) is 90.9 Å². The molecule has 9 rings (SSSR count). The Balaban J connectivity index is 1.34. The Kier molecular flexibility index (Phi) is 8.65. The summed E-state index contributed by atoms with van der Waals surface area (Å²) in [6.07, 6.45) is 9.89. The third-order valence-corrected chi connectivity index (χ3v) is 14.8. The van der Waals surface area contributed by atoms with Crippen LogP contribution in [0.1, 0.15) is 68.8 Å². The van der Waals surface area contributed by atoms with Crippen molar-refractivity contribution in [2.24, 2.45) is 11.3 Å². The first-order chi connectivity index (χ1) is 27.0. The van der Waals surface area contributed by atoms with Gasteiger partial charge in [0.15, 0.2) is 6.10 Å². The van der Waals surface area contributed by atoms with Crippen LogP contribution in [0.15, 0.2) is 60.2 Å². The minimum Gasteiger partial charge on any atom is -0.496 e. The van der Waals surface area contributed by atoms with Crippen molar-refractivity contribution in [3.8, 4) is 5.75 Å². The Bertz CT molecular complexity index is 2190. The highest BCUT2D eigenvalue weighted by Crippen LogP contribution is 2.68. The Labute approximate surface area is 328 Å². The van der Waals surface area contributed by atoms with E-state index in [1.54, 1.807) is 7.11 Å². The number of aromatic amines is 1. The molecule has 56 heavy (non-hydrogen) atoms. The number of methoxy groups -OCH3 is 2. The van der Waals surface area contributed by atoms with Crippen LogP contribution < -0.4 is 9.64 Å². The van der Waals surface area contributed by atoms with Crippen molar-refractivity contribution in [2.45, 2.75) is 87.5 Å². The number of benzene rings is 2. The normalized spacial score (nSPS) is 35.6. The smallest absolute Gasteiger partial charge is 0.344 e. The molecular formula is C45H54N4O7. The number of aliphatic hydroxyl groups is 1. The summed E-state index contributed by atoms with van der Waals surface area (Å²) in [5.74, 6) is -0.749. The highest BCUT2D eigenvalue weighted by atomic mass is 16.6. The van der Waals surface area contributed by atoms with Crippen LogP contribution in [0.4, 0.5) is 5.69 Å². The van der Waals surface area contributed by atoms with E-state index in [0.717, 1.165) is 77.7 Å². The van der Waals surface area contributed by atoms with E-state index in [1.807, 2.05) is 31.0 Å². The van der Waals surface area contributed by atoms with Crippen LogP contribution in [0.5, 0.6) is 5.75 Å². The number of aromatic nitrogens is 1. The molecule has 1 aliphatic carbocycles. The lowest BCUT2D eigenvalue weighted by Crippen LogP contribution is -2.81. The van der Waals surface area contributed by atoms with Gasteiger partial charge in [-0.3, -0.25) is 14.6 Å². The summed E-state index contributed by atoms with van der Waals surface area (Å²) in [5.41, 5.74) is 1.82. The van der Waals surface area contributed by atoms with Crippen molar-refractivity contribution >= 4 is 34.8 Å². The maximum absolute atomic E-state index is 14.5. The summed E-state index contributed by atoms with van der Waals surface area (Å²) < 4.78 is 18.0. The minimum atomic E-state index is -2.25. The van der Waals surface area contributed by atoms with Crippen molar-refractivity contribution in [2.75, 3.05) is 58.9 Å². The van der Waals surface area contributed by atoms with E-state index in [0.29, 0.717) is 38.1 Å². The zero-order valence-electron chi connectivity index (χ0n) is 33.4. The van der Waals surface area contributed by atoms with Gasteiger partial charge in [0.05, 0.1) is 25.7 Å². The number of carbonyl (C=O) groups excluding carboxylic acids is 3. The quantitative estimate of drug-likeness (QED) is 0.197. The predicted molar refractivity (Wildman–Crippen MR) is 213 cm³/mol. The third kappa shape index (κ3) is 4.71. The number of para-hydroxylation sites is 1. The number of nitrogens with zero attached hydrogens (tertiary/aromatic N) is 3. The number of carbonyl (C=O) groups is 3. The monoisotopic (exact) mass is 762 g/mol. The van der Waals surface area contributed by atoms with E-state index >= 15 is 0 Å². The van der Waals surface area contributed by atoms with E-state index in [2.05, 4.69) is 64.2 Å². The molecule has 2 N–H and O–H groups in total. The van der Waals surface area contributed by atoms with Gasteiger partial charge in [-0.15, -0.1) is 0 Å². The molecule has 2 bridgehead atoms. The standard InChI is InChI=1S/C45H54N4O7/c1-7-28-20-29-23-43(26-50,37-31(14-18-48(24-28)25-29)30-12-9-10-13-34(30)46-37)33-21-32-35(22-36(33)54-5)47(4)39-44(32)16-19-49-17-11-15-42(8-2,38(44)49)40(56-27(3)51)45(39,53)41(52)55-6/h9-13,15,20-22,26,29,38-40,46,53H,7-8,14,16-19,23-25H2,1-6H3/t29-,38-,39?,40+,42+,43-,44+,45-/m0/s1. The molecule has 9 atom stereocenters. The van der Waals surface area contributed by atoms with Gasteiger partial charge < -0.3 is 34.0 Å². The van der Waals surface area contributed by atoms with Crippen LogP contribution in [-0.4, -0.2) is 116 Å². The van der Waals surface area contributed by atoms with Crippen LogP contribution in [0.3, 0.4) is 0 Å². The average molecular weight is 763 g/mol. The minimum absolute atomic E-state index is 0.106. The van der Waals surface area contributed by atoms with Crippen LogP contribution in [0.2, 0.25) is 0 Å². The molecule has 3 aromatic rings. The number of anilines is 1. The molecule has 0 radical (unpaired) electrons. The van der Waals surface area contributed by atoms with Gasteiger partial charge in [-0.05, 0) is 67.8 Å². The van der Waals surface area contributed by atoms with Crippen LogP contribution in [-0.2, 0) is 41.1 Å². The molecule has 11 heteroatoms. The number of fused-ring (bicyclic) bond motifs is 6. The van der Waals surface area contributed by atoms with Crippen molar-refractivity contribution in [3.05, 3.63) is 82.6 Å². The van der Waals surface area contributed by atoms with Crippen molar-refractivity contribution in [1.29, 1.82) is 0 Å². The lowest BCUT2D eigenvalue weighted by molar-refractivity contribution is -0.228. The zero-order valence-corrected chi connectivity index (χ0v) is 33.4. The van der Waals surface area contributed by atoms with Gasteiger partial charge in [0.2, 0.25) is 5.60 Å². The molecule has 11 nitrogen and oxygen atoms in total. The lowest BCUT2D eigenvalue weighted by atomic mass is 9.47. The molecule has 5 aliphatic heterocycles. The Morgan fingerprint density at radius 3 is 2.61 bits per heavy atom. The van der Waals surface area contributed by atoms with Crippen LogP contribution in [0.25, 0.3) is 10.9 Å². The van der Waals surface area contributed by atoms with Gasteiger partial charge in [0.25, 0.3) is 0 Å². The number of hydrogen-bond acceptors (Lipinski definition) is 10. The molecule has 6 aliphatic rings. The first-order valence-electron chi connectivity index (χ1n) is 20.3. The lowest BCUT2D eigenvalue weighted by Gasteiger charge is -2.63. The maximum atomic E-state index is 14.5. The average Bonchev–Trinajstić information content (AvgIpc) is 3.87. The van der Waals surface area contributed by atoms with E-state index < -0.39 is 45.9 Å². The van der Waals surface area contributed by atoms with Crippen molar-refractivity contribution < 1.29 is 33.7 Å². The number of nitrogens with one attached hydrogen (secondary N) is 1. The molecule has 1 saturated heterocycles. The first kappa shape index (κ1) is 37.1. The highest BCUT2D eigenvalue weighted by molar-refractivity contribution is 5.91. The van der Waals surface area contributed by atoms with E-state index in [4.69, 9.17) is 14.2 Å².